The molecule has 0 amide bonds. The number of nitrogens with zero attached hydrogens (tertiary/aromatic N) is 3. The van der Waals surface area contributed by atoms with E-state index < -0.39 is 0 Å². The molecule has 1 heterocycles. The molecule has 1 aromatic heterocycles. The predicted molar refractivity (Wildman–Crippen MR) is 85.0 cm³/mol. The van der Waals surface area contributed by atoms with Crippen molar-refractivity contribution in [3.05, 3.63) is 30.6 Å². The van der Waals surface area contributed by atoms with Crippen LogP contribution in [0.2, 0.25) is 0 Å². The van der Waals surface area contributed by atoms with Gasteiger partial charge in [-0.05, 0) is 44.6 Å². The van der Waals surface area contributed by atoms with Gasteiger partial charge in [0, 0.05) is 11.9 Å². The molecule has 0 aliphatic rings. The molecule has 0 unspecified atom stereocenters. The largest absolute Gasteiger partial charge is 0.369 e. The summed E-state index contributed by atoms with van der Waals surface area (Å²) in [6.07, 6.45) is 4.01. The number of fused-ring (bicyclic) bond motifs is 1. The molecule has 1 aromatic carbocycles. The van der Waals surface area contributed by atoms with Gasteiger partial charge in [0.2, 0.25) is 0 Å². The Balaban J connectivity index is 1.81. The zero-order valence-corrected chi connectivity index (χ0v) is 12.5. The van der Waals surface area contributed by atoms with Gasteiger partial charge >= 0.3 is 0 Å². The Bertz CT molecular complexity index is 517. The molecule has 0 radical (unpaired) electrons. The molecule has 0 aliphatic carbocycles. The van der Waals surface area contributed by atoms with E-state index in [1.807, 2.05) is 18.2 Å². The van der Waals surface area contributed by atoms with Crippen LogP contribution in [0.4, 0.5) is 5.82 Å². The zero-order valence-electron chi connectivity index (χ0n) is 12.5. The van der Waals surface area contributed by atoms with E-state index in [9.17, 15) is 0 Å². The molecular weight excluding hydrogens is 248 g/mol. The van der Waals surface area contributed by atoms with Gasteiger partial charge in [-0.1, -0.05) is 26.0 Å². The molecule has 0 spiro atoms. The van der Waals surface area contributed by atoms with Crippen molar-refractivity contribution in [3.8, 4) is 0 Å². The Morgan fingerprint density at radius 2 is 1.85 bits per heavy atom. The highest BCUT2D eigenvalue weighted by molar-refractivity contribution is 5.88. The number of unbranched alkanes of at least 4 members (excludes halogenated alkanes) is 1. The van der Waals surface area contributed by atoms with E-state index in [1.165, 1.54) is 13.0 Å². The number of anilines is 1. The van der Waals surface area contributed by atoms with Crippen LogP contribution in [0.1, 0.15) is 26.7 Å². The zero-order chi connectivity index (χ0) is 14.2. The predicted octanol–water partition coefficient (Wildman–Crippen LogP) is 3.16. The fourth-order valence-electron chi connectivity index (χ4n) is 2.35. The van der Waals surface area contributed by atoms with E-state index in [-0.39, 0.29) is 0 Å². The summed E-state index contributed by atoms with van der Waals surface area (Å²) < 4.78 is 0. The maximum Gasteiger partial charge on any atom is 0.137 e. The molecule has 2 rings (SSSR count). The van der Waals surface area contributed by atoms with Crippen molar-refractivity contribution in [1.82, 2.24) is 14.9 Å². The van der Waals surface area contributed by atoms with E-state index in [0.29, 0.717) is 0 Å². The summed E-state index contributed by atoms with van der Waals surface area (Å²) in [5.74, 6) is 0.943. The first-order valence-electron chi connectivity index (χ1n) is 7.51. The van der Waals surface area contributed by atoms with Crippen LogP contribution in [0.15, 0.2) is 30.6 Å². The van der Waals surface area contributed by atoms with Crippen molar-refractivity contribution in [2.45, 2.75) is 26.7 Å². The van der Waals surface area contributed by atoms with Gasteiger partial charge in [0.05, 0.1) is 5.52 Å². The number of para-hydroxylation sites is 1. The van der Waals surface area contributed by atoms with Gasteiger partial charge in [0.25, 0.3) is 0 Å². The number of aromatic nitrogens is 2. The molecule has 0 saturated heterocycles. The molecule has 4 nitrogen and oxygen atoms in total. The van der Waals surface area contributed by atoms with Crippen molar-refractivity contribution in [1.29, 1.82) is 0 Å². The van der Waals surface area contributed by atoms with Crippen LogP contribution in [-0.4, -0.2) is 41.0 Å². The summed E-state index contributed by atoms with van der Waals surface area (Å²) in [7, 11) is 0. The Hall–Kier alpha value is -1.68. The number of hydrogen-bond donors (Lipinski definition) is 1. The molecule has 2 aromatic rings. The van der Waals surface area contributed by atoms with Gasteiger partial charge in [-0.15, -0.1) is 0 Å². The topological polar surface area (TPSA) is 41.0 Å². The molecule has 0 fully saturated rings. The van der Waals surface area contributed by atoms with Crippen LogP contribution in [0, 0.1) is 0 Å². The third kappa shape index (κ3) is 3.90. The average molecular weight is 272 g/mol. The lowest BCUT2D eigenvalue weighted by molar-refractivity contribution is 0.298. The summed E-state index contributed by atoms with van der Waals surface area (Å²) >= 11 is 0. The summed E-state index contributed by atoms with van der Waals surface area (Å²) in [5.41, 5.74) is 0.994. The highest BCUT2D eigenvalue weighted by atomic mass is 15.1. The third-order valence-electron chi connectivity index (χ3n) is 3.63. The Morgan fingerprint density at radius 3 is 2.65 bits per heavy atom. The fraction of sp³-hybridized carbons (Fsp3) is 0.500. The van der Waals surface area contributed by atoms with Gasteiger partial charge in [-0.25, -0.2) is 9.97 Å². The maximum absolute atomic E-state index is 4.34. The quantitative estimate of drug-likeness (QED) is 0.749. The summed E-state index contributed by atoms with van der Waals surface area (Å²) in [6.45, 7) is 8.85. The average Bonchev–Trinajstić information content (AvgIpc) is 2.51. The SMILES string of the molecule is CCN(CC)CCCCNc1ncnc2ccccc12. The van der Waals surface area contributed by atoms with Crippen molar-refractivity contribution >= 4 is 16.7 Å². The van der Waals surface area contributed by atoms with Gasteiger partial charge in [0.1, 0.15) is 12.1 Å². The molecule has 1 N–H and O–H groups in total. The number of nitrogens with one attached hydrogen (secondary N) is 1. The standard InChI is InChI=1S/C16H24N4/c1-3-20(4-2)12-8-7-11-17-16-14-9-5-6-10-15(14)18-13-19-16/h5-6,9-10,13H,3-4,7-8,11-12H2,1-2H3,(H,17,18,19). The molecule has 0 aliphatic heterocycles. The molecule has 0 bridgehead atoms. The molecular formula is C16H24N4. The van der Waals surface area contributed by atoms with Gasteiger partial charge in [0.15, 0.2) is 0 Å². The summed E-state index contributed by atoms with van der Waals surface area (Å²) in [4.78, 5) is 11.1. The second-order valence-corrected chi connectivity index (χ2v) is 4.90. The Kier molecular flexibility index (Phi) is 5.74. The third-order valence-corrected chi connectivity index (χ3v) is 3.63. The monoisotopic (exact) mass is 272 g/mol. The van der Waals surface area contributed by atoms with Crippen LogP contribution in [0.5, 0.6) is 0 Å². The normalized spacial score (nSPS) is 11.2. The highest BCUT2D eigenvalue weighted by Gasteiger charge is 2.02. The maximum atomic E-state index is 4.34. The summed E-state index contributed by atoms with van der Waals surface area (Å²) in [6, 6.07) is 8.11. The van der Waals surface area contributed by atoms with Crippen LogP contribution >= 0.6 is 0 Å². The first-order chi connectivity index (χ1) is 9.85. The van der Waals surface area contributed by atoms with Crippen molar-refractivity contribution < 1.29 is 0 Å². The molecule has 0 atom stereocenters. The van der Waals surface area contributed by atoms with E-state index in [1.54, 1.807) is 6.33 Å². The second-order valence-electron chi connectivity index (χ2n) is 4.90. The molecule has 20 heavy (non-hydrogen) atoms. The Morgan fingerprint density at radius 1 is 1.05 bits per heavy atom. The highest BCUT2D eigenvalue weighted by Crippen LogP contribution is 2.18. The first-order valence-corrected chi connectivity index (χ1v) is 7.51. The van der Waals surface area contributed by atoms with Crippen molar-refractivity contribution in [3.63, 3.8) is 0 Å². The van der Waals surface area contributed by atoms with E-state index in [0.717, 1.165) is 42.8 Å². The first kappa shape index (κ1) is 14.7. The number of hydrogen-bond acceptors (Lipinski definition) is 4. The van der Waals surface area contributed by atoms with E-state index in [4.69, 9.17) is 0 Å². The van der Waals surface area contributed by atoms with Crippen LogP contribution < -0.4 is 5.32 Å². The van der Waals surface area contributed by atoms with Crippen LogP contribution in [0.3, 0.4) is 0 Å². The summed E-state index contributed by atoms with van der Waals surface area (Å²) in [5, 5.41) is 4.52. The number of rotatable bonds is 8. The van der Waals surface area contributed by atoms with Crippen molar-refractivity contribution in [2.75, 3.05) is 31.5 Å². The van der Waals surface area contributed by atoms with Gasteiger partial charge in [-0.3, -0.25) is 0 Å². The minimum absolute atomic E-state index is 0.943. The smallest absolute Gasteiger partial charge is 0.137 e. The molecule has 4 heteroatoms. The molecule has 108 valence electrons. The minimum atomic E-state index is 0.943. The second kappa shape index (κ2) is 7.80. The van der Waals surface area contributed by atoms with E-state index >= 15 is 0 Å². The van der Waals surface area contributed by atoms with Crippen molar-refractivity contribution in [2.24, 2.45) is 0 Å². The lowest BCUT2D eigenvalue weighted by Gasteiger charge is -2.17. The van der Waals surface area contributed by atoms with E-state index in [2.05, 4.69) is 40.1 Å². The number of benzene rings is 1. The van der Waals surface area contributed by atoms with Gasteiger partial charge in [-0.2, -0.15) is 0 Å². The minimum Gasteiger partial charge on any atom is -0.369 e. The fourth-order valence-corrected chi connectivity index (χ4v) is 2.35. The lowest BCUT2D eigenvalue weighted by atomic mass is 10.2. The molecule has 0 saturated carbocycles. The van der Waals surface area contributed by atoms with Crippen LogP contribution in [-0.2, 0) is 0 Å². The van der Waals surface area contributed by atoms with Crippen LogP contribution in [0.25, 0.3) is 10.9 Å². The lowest BCUT2D eigenvalue weighted by Crippen LogP contribution is -2.24. The Labute approximate surface area is 121 Å². The van der Waals surface area contributed by atoms with Gasteiger partial charge < -0.3 is 10.2 Å².